The highest BCUT2D eigenvalue weighted by atomic mass is 35.5. The van der Waals surface area contributed by atoms with Gasteiger partial charge in [-0.1, -0.05) is 35.3 Å². The molecule has 0 unspecified atom stereocenters. The molecular weight excluding hydrogens is 341 g/mol. The Balaban J connectivity index is 1.96. The summed E-state index contributed by atoms with van der Waals surface area (Å²) in [5, 5.41) is 14.4. The third-order valence-corrected chi connectivity index (χ3v) is 4.65. The molecule has 3 rings (SSSR count). The van der Waals surface area contributed by atoms with E-state index in [1.165, 1.54) is 0 Å². The number of rotatable bonds is 3. The number of nitro groups is 1. The number of benzene rings is 1. The van der Waals surface area contributed by atoms with Gasteiger partial charge in [0.2, 0.25) is 0 Å². The Hall–Kier alpha value is -1.92. The molecule has 1 saturated heterocycles. The van der Waals surface area contributed by atoms with Crippen molar-refractivity contribution >= 4 is 28.9 Å². The van der Waals surface area contributed by atoms with E-state index in [1.54, 1.807) is 18.2 Å². The maximum atomic E-state index is 11.5. The van der Waals surface area contributed by atoms with E-state index in [9.17, 15) is 10.1 Å². The Labute approximate surface area is 143 Å². The first-order chi connectivity index (χ1) is 11.1. The second-order valence-electron chi connectivity index (χ2n) is 5.31. The van der Waals surface area contributed by atoms with E-state index in [0.717, 1.165) is 32.4 Å². The van der Waals surface area contributed by atoms with Gasteiger partial charge in [0.1, 0.15) is 5.16 Å². The SMILES string of the molecule is O=[N+]([O-])C(/C(Cl)=C(/Cl)N1CCCCC1)=C1\Nc2ccccc2O1. The summed E-state index contributed by atoms with van der Waals surface area (Å²) in [6.45, 7) is 1.48. The van der Waals surface area contributed by atoms with E-state index < -0.39 is 4.92 Å². The van der Waals surface area contributed by atoms with E-state index in [1.807, 2.05) is 11.0 Å². The van der Waals surface area contributed by atoms with Crippen molar-refractivity contribution in [3.63, 3.8) is 0 Å². The van der Waals surface area contributed by atoms with Crippen molar-refractivity contribution in [2.45, 2.75) is 19.3 Å². The quantitative estimate of drug-likeness (QED) is 0.502. The minimum atomic E-state index is -0.580. The van der Waals surface area contributed by atoms with E-state index in [0.29, 0.717) is 11.4 Å². The summed E-state index contributed by atoms with van der Waals surface area (Å²) in [5.74, 6) is 0.497. The van der Waals surface area contributed by atoms with E-state index in [4.69, 9.17) is 27.9 Å². The molecule has 2 aliphatic heterocycles. The first-order valence-electron chi connectivity index (χ1n) is 7.31. The van der Waals surface area contributed by atoms with Crippen LogP contribution in [0.25, 0.3) is 0 Å². The number of piperidine rings is 1. The normalized spacial score (nSPS) is 20.2. The molecule has 0 radical (unpaired) electrons. The second kappa shape index (κ2) is 6.68. The van der Waals surface area contributed by atoms with Crippen LogP contribution >= 0.6 is 23.2 Å². The predicted octanol–water partition coefficient (Wildman–Crippen LogP) is 4.07. The van der Waals surface area contributed by atoms with Gasteiger partial charge in [0.05, 0.1) is 10.6 Å². The lowest BCUT2D eigenvalue weighted by atomic mass is 10.1. The third kappa shape index (κ3) is 3.23. The number of nitrogens with one attached hydrogen (secondary N) is 1. The highest BCUT2D eigenvalue weighted by molar-refractivity contribution is 6.40. The zero-order chi connectivity index (χ0) is 16.4. The predicted molar refractivity (Wildman–Crippen MR) is 88.9 cm³/mol. The summed E-state index contributed by atoms with van der Waals surface area (Å²) in [6, 6.07) is 7.08. The summed E-state index contributed by atoms with van der Waals surface area (Å²) >= 11 is 12.5. The average molecular weight is 356 g/mol. The number of halogens is 2. The molecule has 0 atom stereocenters. The molecular formula is C15H15Cl2N3O3. The summed E-state index contributed by atoms with van der Waals surface area (Å²) < 4.78 is 5.52. The van der Waals surface area contributed by atoms with Crippen molar-refractivity contribution in [2.75, 3.05) is 18.4 Å². The Morgan fingerprint density at radius 2 is 1.91 bits per heavy atom. The summed E-state index contributed by atoms with van der Waals surface area (Å²) in [6.07, 6.45) is 3.11. The van der Waals surface area contributed by atoms with Crippen LogP contribution in [-0.2, 0) is 0 Å². The van der Waals surface area contributed by atoms with Crippen LogP contribution in [0.4, 0.5) is 5.69 Å². The van der Waals surface area contributed by atoms with Gasteiger partial charge in [0.25, 0.3) is 5.88 Å². The molecule has 2 heterocycles. The summed E-state index contributed by atoms with van der Waals surface area (Å²) in [5.41, 5.74) is 0.291. The van der Waals surface area contributed by atoms with Crippen LogP contribution in [0.15, 0.2) is 46.0 Å². The van der Waals surface area contributed by atoms with Crippen molar-refractivity contribution in [3.05, 3.63) is 56.1 Å². The van der Waals surface area contributed by atoms with E-state index in [-0.39, 0.29) is 21.8 Å². The first kappa shape index (κ1) is 16.0. The van der Waals surface area contributed by atoms with Gasteiger partial charge < -0.3 is 15.0 Å². The monoisotopic (exact) mass is 355 g/mol. The van der Waals surface area contributed by atoms with E-state index >= 15 is 0 Å². The second-order valence-corrected chi connectivity index (χ2v) is 6.05. The molecule has 6 nitrogen and oxygen atoms in total. The molecule has 0 aromatic heterocycles. The number of para-hydroxylation sites is 2. The van der Waals surface area contributed by atoms with Crippen molar-refractivity contribution in [1.29, 1.82) is 0 Å². The first-order valence-corrected chi connectivity index (χ1v) is 8.06. The van der Waals surface area contributed by atoms with Crippen molar-refractivity contribution in [2.24, 2.45) is 0 Å². The van der Waals surface area contributed by atoms with Crippen molar-refractivity contribution in [1.82, 2.24) is 4.90 Å². The number of hydrogen-bond acceptors (Lipinski definition) is 5. The Morgan fingerprint density at radius 3 is 2.57 bits per heavy atom. The van der Waals surface area contributed by atoms with Crippen LogP contribution in [-0.4, -0.2) is 22.9 Å². The van der Waals surface area contributed by atoms with Crippen LogP contribution in [0.5, 0.6) is 5.75 Å². The van der Waals surface area contributed by atoms with Crippen LogP contribution in [0.1, 0.15) is 19.3 Å². The maximum absolute atomic E-state index is 11.5. The number of nitrogens with zero attached hydrogens (tertiary/aromatic N) is 2. The Bertz CT molecular complexity index is 670. The number of fused-ring (bicyclic) bond motifs is 1. The van der Waals surface area contributed by atoms with Gasteiger partial charge in [-0.3, -0.25) is 10.1 Å². The van der Waals surface area contributed by atoms with Gasteiger partial charge >= 0.3 is 5.70 Å². The number of allylic oxidation sites excluding steroid dienone is 1. The lowest BCUT2D eigenvalue weighted by Crippen LogP contribution is -2.28. The number of ether oxygens (including phenoxy) is 1. The van der Waals surface area contributed by atoms with Gasteiger partial charge in [-0.15, -0.1) is 0 Å². The minimum Gasteiger partial charge on any atom is -0.433 e. The molecule has 0 aliphatic carbocycles. The molecule has 0 spiro atoms. The molecule has 0 bridgehead atoms. The average Bonchev–Trinajstić information content (AvgIpc) is 2.98. The van der Waals surface area contributed by atoms with Crippen molar-refractivity contribution in [3.8, 4) is 5.75 Å². The van der Waals surface area contributed by atoms with Crippen LogP contribution in [0.2, 0.25) is 0 Å². The topological polar surface area (TPSA) is 67.6 Å². The lowest BCUT2D eigenvalue weighted by Gasteiger charge is -2.28. The molecule has 0 amide bonds. The lowest BCUT2D eigenvalue weighted by molar-refractivity contribution is -0.422. The molecule has 2 aliphatic rings. The number of anilines is 1. The van der Waals surface area contributed by atoms with Crippen LogP contribution in [0, 0.1) is 10.1 Å². The summed E-state index contributed by atoms with van der Waals surface area (Å²) in [4.78, 5) is 12.8. The molecule has 8 heteroatoms. The Kier molecular flexibility index (Phi) is 4.63. The van der Waals surface area contributed by atoms with Gasteiger partial charge in [-0.2, -0.15) is 0 Å². The molecule has 1 fully saturated rings. The fraction of sp³-hybridized carbons (Fsp3) is 0.333. The number of hydrogen-bond donors (Lipinski definition) is 1. The Morgan fingerprint density at radius 1 is 1.22 bits per heavy atom. The van der Waals surface area contributed by atoms with Crippen LogP contribution < -0.4 is 10.1 Å². The fourth-order valence-corrected chi connectivity index (χ4v) is 3.15. The smallest absolute Gasteiger partial charge is 0.350 e. The molecule has 1 aromatic rings. The molecule has 122 valence electrons. The fourth-order valence-electron chi connectivity index (χ4n) is 2.61. The number of likely N-dealkylation sites (tertiary alicyclic amines) is 1. The molecule has 23 heavy (non-hydrogen) atoms. The molecule has 1 N–H and O–H groups in total. The standard InChI is InChI=1S/C15H15Cl2N3O3/c16-12(14(17)19-8-4-1-5-9-19)13(20(21)22)15-18-10-6-2-3-7-11(10)23-15/h2-3,6-7,18H,1,4-5,8-9H2/b14-12+,15-13+. The molecule has 1 aromatic carbocycles. The third-order valence-electron chi connectivity index (χ3n) is 3.77. The maximum Gasteiger partial charge on any atom is 0.350 e. The highest BCUT2D eigenvalue weighted by Gasteiger charge is 2.33. The zero-order valence-corrected chi connectivity index (χ0v) is 13.7. The van der Waals surface area contributed by atoms with Crippen LogP contribution in [0.3, 0.4) is 0 Å². The van der Waals surface area contributed by atoms with Gasteiger partial charge in [0, 0.05) is 13.1 Å². The largest absolute Gasteiger partial charge is 0.433 e. The molecule has 0 saturated carbocycles. The van der Waals surface area contributed by atoms with E-state index in [2.05, 4.69) is 5.32 Å². The summed E-state index contributed by atoms with van der Waals surface area (Å²) in [7, 11) is 0. The highest BCUT2D eigenvalue weighted by Crippen LogP contribution is 2.37. The van der Waals surface area contributed by atoms with Gasteiger partial charge in [0.15, 0.2) is 10.8 Å². The van der Waals surface area contributed by atoms with Crippen molar-refractivity contribution < 1.29 is 9.66 Å². The van der Waals surface area contributed by atoms with Gasteiger partial charge in [-0.05, 0) is 31.4 Å². The van der Waals surface area contributed by atoms with Gasteiger partial charge in [-0.25, -0.2) is 0 Å². The minimum absolute atomic E-state index is 0.0173. The zero-order valence-electron chi connectivity index (χ0n) is 12.2.